The average molecular weight is 250 g/mol. The van der Waals surface area contributed by atoms with Gasteiger partial charge in [0.2, 0.25) is 0 Å². The molecule has 0 N–H and O–H groups in total. The summed E-state index contributed by atoms with van der Waals surface area (Å²) >= 11 is 0. The SMILES string of the molecule is COCC(C)OC(C)C(=O)c1cc(C)ccc1C. The van der Waals surface area contributed by atoms with Crippen molar-refractivity contribution in [2.45, 2.75) is 39.9 Å². The molecule has 3 heteroatoms. The highest BCUT2D eigenvalue weighted by atomic mass is 16.5. The van der Waals surface area contributed by atoms with Crippen molar-refractivity contribution in [2.75, 3.05) is 13.7 Å². The summed E-state index contributed by atoms with van der Waals surface area (Å²) in [6.07, 6.45) is -0.533. The molecule has 18 heavy (non-hydrogen) atoms. The van der Waals surface area contributed by atoms with E-state index >= 15 is 0 Å². The molecule has 0 amide bonds. The van der Waals surface area contributed by atoms with Crippen molar-refractivity contribution in [1.82, 2.24) is 0 Å². The van der Waals surface area contributed by atoms with Gasteiger partial charge in [0.05, 0.1) is 12.7 Å². The third-order valence-electron chi connectivity index (χ3n) is 2.87. The number of methoxy groups -OCH3 is 1. The first-order valence-corrected chi connectivity index (χ1v) is 6.21. The molecule has 0 heterocycles. The van der Waals surface area contributed by atoms with Gasteiger partial charge >= 0.3 is 0 Å². The van der Waals surface area contributed by atoms with E-state index in [4.69, 9.17) is 9.47 Å². The van der Waals surface area contributed by atoms with E-state index in [0.717, 1.165) is 16.7 Å². The highest BCUT2D eigenvalue weighted by molar-refractivity contribution is 6.00. The molecular weight excluding hydrogens is 228 g/mol. The predicted octanol–water partition coefficient (Wildman–Crippen LogP) is 2.93. The zero-order valence-corrected chi connectivity index (χ0v) is 11.8. The third kappa shape index (κ3) is 3.93. The van der Waals surface area contributed by atoms with E-state index in [1.165, 1.54) is 0 Å². The van der Waals surface area contributed by atoms with Gasteiger partial charge in [-0.3, -0.25) is 4.79 Å². The minimum absolute atomic E-state index is 0.0270. The van der Waals surface area contributed by atoms with Crippen molar-refractivity contribution in [3.63, 3.8) is 0 Å². The first-order chi connectivity index (χ1) is 8.45. The van der Waals surface area contributed by atoms with Gasteiger partial charge in [-0.25, -0.2) is 0 Å². The van der Waals surface area contributed by atoms with Gasteiger partial charge in [-0.05, 0) is 39.3 Å². The van der Waals surface area contributed by atoms with Gasteiger partial charge in [-0.15, -0.1) is 0 Å². The molecule has 1 aromatic carbocycles. The Hall–Kier alpha value is -1.19. The van der Waals surface area contributed by atoms with Crippen LogP contribution in [-0.2, 0) is 9.47 Å². The maximum absolute atomic E-state index is 12.3. The van der Waals surface area contributed by atoms with E-state index in [0.29, 0.717) is 6.61 Å². The molecule has 0 saturated carbocycles. The molecule has 0 bridgehead atoms. The van der Waals surface area contributed by atoms with Crippen LogP contribution in [0.3, 0.4) is 0 Å². The summed E-state index contributed by atoms with van der Waals surface area (Å²) in [4.78, 5) is 12.3. The smallest absolute Gasteiger partial charge is 0.191 e. The lowest BCUT2D eigenvalue weighted by Gasteiger charge is -2.18. The highest BCUT2D eigenvalue weighted by Crippen LogP contribution is 2.15. The van der Waals surface area contributed by atoms with Gasteiger partial charge in [0, 0.05) is 12.7 Å². The third-order valence-corrected chi connectivity index (χ3v) is 2.87. The Bertz CT molecular complexity index is 412. The quantitative estimate of drug-likeness (QED) is 0.728. The molecular formula is C15H22O3. The van der Waals surface area contributed by atoms with Crippen LogP contribution in [0.25, 0.3) is 0 Å². The number of ether oxygens (including phenoxy) is 2. The van der Waals surface area contributed by atoms with Gasteiger partial charge in [0.25, 0.3) is 0 Å². The fraction of sp³-hybridized carbons (Fsp3) is 0.533. The second kappa shape index (κ2) is 6.66. The molecule has 0 saturated heterocycles. The normalized spacial score (nSPS) is 14.3. The molecule has 1 rings (SSSR count). The van der Waals surface area contributed by atoms with Crippen molar-refractivity contribution in [2.24, 2.45) is 0 Å². The van der Waals surface area contributed by atoms with Gasteiger partial charge < -0.3 is 9.47 Å². The largest absolute Gasteiger partial charge is 0.382 e. The second-order valence-corrected chi connectivity index (χ2v) is 4.73. The van der Waals surface area contributed by atoms with Crippen LogP contribution in [0.4, 0.5) is 0 Å². The van der Waals surface area contributed by atoms with Gasteiger partial charge in [0.15, 0.2) is 5.78 Å². The molecule has 0 aliphatic carbocycles. The molecule has 0 aromatic heterocycles. The summed E-state index contributed by atoms with van der Waals surface area (Å²) in [7, 11) is 1.62. The number of carbonyl (C=O) groups is 1. The number of hydrogen-bond donors (Lipinski definition) is 0. The summed E-state index contributed by atoms with van der Waals surface area (Å²) in [5.74, 6) is 0.0270. The summed E-state index contributed by atoms with van der Waals surface area (Å²) in [6, 6.07) is 5.89. The molecule has 1 aromatic rings. The number of aryl methyl sites for hydroxylation is 2. The van der Waals surface area contributed by atoms with Crippen LogP contribution in [0.1, 0.15) is 35.3 Å². The highest BCUT2D eigenvalue weighted by Gasteiger charge is 2.19. The lowest BCUT2D eigenvalue weighted by atomic mass is 9.99. The van der Waals surface area contributed by atoms with E-state index in [1.54, 1.807) is 14.0 Å². The van der Waals surface area contributed by atoms with Gasteiger partial charge in [-0.2, -0.15) is 0 Å². The first kappa shape index (κ1) is 14.9. The molecule has 0 spiro atoms. The van der Waals surface area contributed by atoms with E-state index in [1.807, 2.05) is 39.0 Å². The van der Waals surface area contributed by atoms with Crippen molar-refractivity contribution in [3.05, 3.63) is 34.9 Å². The maximum atomic E-state index is 12.3. The Kier molecular flexibility index (Phi) is 5.51. The summed E-state index contributed by atoms with van der Waals surface area (Å²) < 4.78 is 10.6. The van der Waals surface area contributed by atoms with E-state index in [9.17, 15) is 4.79 Å². The monoisotopic (exact) mass is 250 g/mol. The molecule has 0 fully saturated rings. The average Bonchev–Trinajstić information content (AvgIpc) is 2.31. The minimum atomic E-state index is -0.448. The van der Waals surface area contributed by atoms with Crippen LogP contribution in [0.5, 0.6) is 0 Å². The fourth-order valence-corrected chi connectivity index (χ4v) is 1.90. The zero-order chi connectivity index (χ0) is 13.7. The van der Waals surface area contributed by atoms with E-state index < -0.39 is 6.10 Å². The molecule has 3 nitrogen and oxygen atoms in total. The van der Waals surface area contributed by atoms with Gasteiger partial charge in [-0.1, -0.05) is 17.7 Å². The number of rotatable bonds is 6. The van der Waals surface area contributed by atoms with E-state index in [2.05, 4.69) is 0 Å². The number of carbonyl (C=O) groups excluding carboxylic acids is 1. The topological polar surface area (TPSA) is 35.5 Å². The fourth-order valence-electron chi connectivity index (χ4n) is 1.90. The molecule has 0 radical (unpaired) electrons. The maximum Gasteiger partial charge on any atom is 0.191 e. The standard InChI is InChI=1S/C15H22O3/c1-10-6-7-11(2)14(8-10)15(16)13(4)18-12(3)9-17-5/h6-8,12-13H,9H2,1-5H3. The molecule has 2 unspecified atom stereocenters. The van der Waals surface area contributed by atoms with Crippen LogP contribution >= 0.6 is 0 Å². The Balaban J connectivity index is 2.77. The Morgan fingerprint density at radius 2 is 1.94 bits per heavy atom. The lowest BCUT2D eigenvalue weighted by molar-refractivity contribution is -0.0215. The zero-order valence-electron chi connectivity index (χ0n) is 11.8. The molecule has 2 atom stereocenters. The summed E-state index contributed by atoms with van der Waals surface area (Å²) in [5, 5.41) is 0. The van der Waals surface area contributed by atoms with Crippen LogP contribution in [0.15, 0.2) is 18.2 Å². The first-order valence-electron chi connectivity index (χ1n) is 6.21. The van der Waals surface area contributed by atoms with Crippen LogP contribution in [-0.4, -0.2) is 31.7 Å². The lowest BCUT2D eigenvalue weighted by Crippen LogP contribution is -2.28. The minimum Gasteiger partial charge on any atom is -0.382 e. The van der Waals surface area contributed by atoms with Crippen molar-refractivity contribution >= 4 is 5.78 Å². The van der Waals surface area contributed by atoms with Crippen molar-refractivity contribution in [3.8, 4) is 0 Å². The Morgan fingerprint density at radius 1 is 1.28 bits per heavy atom. The van der Waals surface area contributed by atoms with Crippen LogP contribution in [0.2, 0.25) is 0 Å². The number of benzene rings is 1. The predicted molar refractivity (Wildman–Crippen MR) is 72.1 cm³/mol. The molecule has 0 aliphatic rings. The van der Waals surface area contributed by atoms with Crippen molar-refractivity contribution < 1.29 is 14.3 Å². The second-order valence-electron chi connectivity index (χ2n) is 4.73. The van der Waals surface area contributed by atoms with Crippen LogP contribution < -0.4 is 0 Å². The number of Topliss-reactive ketones (excluding diaryl/α,β-unsaturated/α-hetero) is 1. The number of hydrogen-bond acceptors (Lipinski definition) is 3. The Labute approximate surface area is 109 Å². The molecule has 100 valence electrons. The van der Waals surface area contributed by atoms with Crippen LogP contribution in [0, 0.1) is 13.8 Å². The Morgan fingerprint density at radius 3 is 2.56 bits per heavy atom. The molecule has 0 aliphatic heterocycles. The van der Waals surface area contributed by atoms with Gasteiger partial charge in [0.1, 0.15) is 6.10 Å². The summed E-state index contributed by atoms with van der Waals surface area (Å²) in [6.45, 7) is 8.10. The summed E-state index contributed by atoms with van der Waals surface area (Å²) in [5.41, 5.74) is 2.81. The number of ketones is 1. The van der Waals surface area contributed by atoms with E-state index in [-0.39, 0.29) is 11.9 Å². The van der Waals surface area contributed by atoms with Crippen molar-refractivity contribution in [1.29, 1.82) is 0 Å².